The molecular formula is C12H14ClN3S. The molecule has 2 rings (SSSR count). The van der Waals surface area contributed by atoms with Gasteiger partial charge in [-0.25, -0.2) is 4.98 Å². The van der Waals surface area contributed by atoms with Crippen LogP contribution in [0.3, 0.4) is 0 Å². The van der Waals surface area contributed by atoms with Gasteiger partial charge in [0.25, 0.3) is 0 Å². The van der Waals surface area contributed by atoms with Crippen LogP contribution in [0.25, 0.3) is 0 Å². The van der Waals surface area contributed by atoms with Gasteiger partial charge in [0.1, 0.15) is 0 Å². The van der Waals surface area contributed by atoms with Gasteiger partial charge in [-0.2, -0.15) is 0 Å². The molecule has 2 aromatic rings. The van der Waals surface area contributed by atoms with E-state index in [9.17, 15) is 0 Å². The minimum atomic E-state index is 0.730. The number of hydrogen-bond donors (Lipinski definition) is 0. The van der Waals surface area contributed by atoms with Crippen molar-refractivity contribution in [2.24, 2.45) is 0 Å². The van der Waals surface area contributed by atoms with Crippen LogP contribution in [-0.4, -0.2) is 21.9 Å². The second-order valence-electron chi connectivity index (χ2n) is 4.00. The van der Waals surface area contributed by atoms with Crippen molar-refractivity contribution in [1.82, 2.24) is 14.9 Å². The van der Waals surface area contributed by atoms with Crippen molar-refractivity contribution < 1.29 is 0 Å². The van der Waals surface area contributed by atoms with Crippen molar-refractivity contribution in [2.45, 2.75) is 20.0 Å². The Balaban J connectivity index is 1.95. The zero-order valence-electron chi connectivity index (χ0n) is 9.85. The van der Waals surface area contributed by atoms with Gasteiger partial charge in [0, 0.05) is 29.7 Å². The molecule has 0 unspecified atom stereocenters. The maximum atomic E-state index is 5.92. The molecule has 0 fully saturated rings. The average Bonchev–Trinajstić information content (AvgIpc) is 2.63. The Morgan fingerprint density at radius 2 is 2.12 bits per heavy atom. The van der Waals surface area contributed by atoms with Crippen LogP contribution >= 0.6 is 22.9 Å². The van der Waals surface area contributed by atoms with Gasteiger partial charge in [-0.1, -0.05) is 11.6 Å². The summed E-state index contributed by atoms with van der Waals surface area (Å²) in [4.78, 5) is 10.9. The number of nitrogens with zero attached hydrogens (tertiary/aromatic N) is 3. The molecule has 0 saturated heterocycles. The zero-order valence-corrected chi connectivity index (χ0v) is 11.4. The molecule has 0 aromatic carbocycles. The SMILES string of the molecule is Cc1nc(CN(C)Cc2cc(Cl)ccn2)cs1. The molecule has 0 aliphatic rings. The third-order valence-corrected chi connectivity index (χ3v) is 3.37. The number of thiazole rings is 1. The van der Waals surface area contributed by atoms with Gasteiger partial charge in [-0.15, -0.1) is 11.3 Å². The molecule has 90 valence electrons. The highest BCUT2D eigenvalue weighted by Gasteiger charge is 2.05. The largest absolute Gasteiger partial charge is 0.295 e. The van der Waals surface area contributed by atoms with Crippen LogP contribution in [0.2, 0.25) is 5.02 Å². The van der Waals surface area contributed by atoms with Gasteiger partial charge in [0.15, 0.2) is 0 Å². The summed E-state index contributed by atoms with van der Waals surface area (Å²) in [6.45, 7) is 3.63. The molecule has 2 heterocycles. The lowest BCUT2D eigenvalue weighted by molar-refractivity contribution is 0.312. The minimum Gasteiger partial charge on any atom is -0.295 e. The van der Waals surface area contributed by atoms with Gasteiger partial charge >= 0.3 is 0 Å². The molecule has 5 heteroatoms. The normalized spacial score (nSPS) is 11.1. The second kappa shape index (κ2) is 5.58. The first-order valence-corrected chi connectivity index (χ1v) is 6.59. The monoisotopic (exact) mass is 267 g/mol. The highest BCUT2D eigenvalue weighted by atomic mass is 35.5. The number of pyridine rings is 1. The number of hydrogen-bond acceptors (Lipinski definition) is 4. The van der Waals surface area contributed by atoms with E-state index in [0.29, 0.717) is 0 Å². The van der Waals surface area contributed by atoms with E-state index in [-0.39, 0.29) is 0 Å². The predicted molar refractivity (Wildman–Crippen MR) is 71.3 cm³/mol. The third kappa shape index (κ3) is 3.77. The van der Waals surface area contributed by atoms with Crippen molar-refractivity contribution in [3.05, 3.63) is 45.1 Å². The number of rotatable bonds is 4. The van der Waals surface area contributed by atoms with E-state index >= 15 is 0 Å². The predicted octanol–water partition coefficient (Wildman–Crippen LogP) is 3.13. The van der Waals surface area contributed by atoms with E-state index in [1.807, 2.05) is 13.0 Å². The van der Waals surface area contributed by atoms with E-state index in [4.69, 9.17) is 11.6 Å². The number of aromatic nitrogens is 2. The Labute approximate surface area is 110 Å². The van der Waals surface area contributed by atoms with E-state index < -0.39 is 0 Å². The first kappa shape index (κ1) is 12.5. The molecule has 0 atom stereocenters. The molecule has 0 amide bonds. The van der Waals surface area contributed by atoms with Gasteiger partial charge in [0.05, 0.1) is 16.4 Å². The highest BCUT2D eigenvalue weighted by molar-refractivity contribution is 7.09. The Morgan fingerprint density at radius 1 is 1.35 bits per heavy atom. The molecule has 0 spiro atoms. The van der Waals surface area contributed by atoms with Crippen LogP contribution in [0.15, 0.2) is 23.7 Å². The maximum Gasteiger partial charge on any atom is 0.0897 e. The van der Waals surface area contributed by atoms with Crippen molar-refractivity contribution in [3.8, 4) is 0 Å². The number of halogens is 1. The first-order chi connectivity index (χ1) is 8.13. The van der Waals surface area contributed by atoms with Crippen molar-refractivity contribution >= 4 is 22.9 Å². The smallest absolute Gasteiger partial charge is 0.0897 e. The zero-order chi connectivity index (χ0) is 12.3. The molecule has 3 nitrogen and oxygen atoms in total. The highest BCUT2D eigenvalue weighted by Crippen LogP contribution is 2.13. The summed E-state index contributed by atoms with van der Waals surface area (Å²) in [5.74, 6) is 0. The molecule has 0 aliphatic heterocycles. The lowest BCUT2D eigenvalue weighted by Crippen LogP contribution is -2.18. The summed E-state index contributed by atoms with van der Waals surface area (Å²) in [5, 5.41) is 3.93. The van der Waals surface area contributed by atoms with Crippen LogP contribution in [-0.2, 0) is 13.1 Å². The molecule has 0 radical (unpaired) electrons. The van der Waals surface area contributed by atoms with Gasteiger partial charge in [-0.3, -0.25) is 9.88 Å². The minimum absolute atomic E-state index is 0.730. The van der Waals surface area contributed by atoms with Gasteiger partial charge < -0.3 is 0 Å². The fraction of sp³-hybridized carbons (Fsp3) is 0.333. The molecule has 2 aromatic heterocycles. The molecule has 0 saturated carbocycles. The average molecular weight is 268 g/mol. The lowest BCUT2D eigenvalue weighted by Gasteiger charge is -2.14. The Morgan fingerprint density at radius 3 is 2.76 bits per heavy atom. The third-order valence-electron chi connectivity index (χ3n) is 2.31. The molecule has 0 bridgehead atoms. The Bertz CT molecular complexity index is 498. The summed E-state index contributed by atoms with van der Waals surface area (Å²) in [7, 11) is 2.05. The van der Waals surface area contributed by atoms with E-state index in [1.54, 1.807) is 23.6 Å². The van der Waals surface area contributed by atoms with E-state index in [0.717, 1.165) is 34.5 Å². The summed E-state index contributed by atoms with van der Waals surface area (Å²) in [5.41, 5.74) is 2.09. The Kier molecular flexibility index (Phi) is 4.10. The van der Waals surface area contributed by atoms with E-state index in [1.165, 1.54) is 0 Å². The quantitative estimate of drug-likeness (QED) is 0.852. The van der Waals surface area contributed by atoms with Crippen LogP contribution in [0, 0.1) is 6.92 Å². The van der Waals surface area contributed by atoms with E-state index in [2.05, 4.69) is 27.3 Å². The number of aryl methyl sites for hydroxylation is 1. The molecule has 17 heavy (non-hydrogen) atoms. The van der Waals surface area contributed by atoms with Crippen molar-refractivity contribution in [3.63, 3.8) is 0 Å². The van der Waals surface area contributed by atoms with Gasteiger partial charge in [0.2, 0.25) is 0 Å². The van der Waals surface area contributed by atoms with Gasteiger partial charge in [-0.05, 0) is 26.1 Å². The maximum absolute atomic E-state index is 5.92. The fourth-order valence-electron chi connectivity index (χ4n) is 1.63. The summed E-state index contributed by atoms with van der Waals surface area (Å²) in [6, 6.07) is 3.68. The standard InChI is InChI=1S/C12H14ClN3S/c1-9-15-12(8-17-9)7-16(2)6-11-5-10(13)3-4-14-11/h3-5,8H,6-7H2,1-2H3. The van der Waals surface area contributed by atoms with Crippen LogP contribution in [0.5, 0.6) is 0 Å². The topological polar surface area (TPSA) is 29.0 Å². The summed E-state index contributed by atoms with van der Waals surface area (Å²) >= 11 is 7.60. The van der Waals surface area contributed by atoms with Crippen molar-refractivity contribution in [2.75, 3.05) is 7.05 Å². The second-order valence-corrected chi connectivity index (χ2v) is 5.49. The Hall–Kier alpha value is -0.970. The van der Waals surface area contributed by atoms with Crippen LogP contribution < -0.4 is 0 Å². The summed E-state index contributed by atoms with van der Waals surface area (Å²) in [6.07, 6.45) is 1.73. The fourth-order valence-corrected chi connectivity index (χ4v) is 2.41. The first-order valence-electron chi connectivity index (χ1n) is 5.33. The van der Waals surface area contributed by atoms with Crippen LogP contribution in [0.1, 0.15) is 16.4 Å². The summed E-state index contributed by atoms with van der Waals surface area (Å²) < 4.78 is 0. The molecule has 0 N–H and O–H groups in total. The lowest BCUT2D eigenvalue weighted by atomic mass is 10.3. The van der Waals surface area contributed by atoms with Crippen LogP contribution in [0.4, 0.5) is 0 Å². The molecule has 0 aliphatic carbocycles. The van der Waals surface area contributed by atoms with Crippen molar-refractivity contribution in [1.29, 1.82) is 0 Å². The molecular weight excluding hydrogens is 254 g/mol.